The van der Waals surface area contributed by atoms with Crippen LogP contribution in [0.25, 0.3) is 0 Å². The third-order valence-corrected chi connectivity index (χ3v) is 4.66. The van der Waals surface area contributed by atoms with Gasteiger partial charge in [-0.25, -0.2) is 4.79 Å². The lowest BCUT2D eigenvalue weighted by Crippen LogP contribution is -2.37. The van der Waals surface area contributed by atoms with E-state index in [1.165, 1.54) is 12.8 Å². The van der Waals surface area contributed by atoms with Gasteiger partial charge in [0.1, 0.15) is 0 Å². The number of carbonyl (C=O) groups is 1. The Kier molecular flexibility index (Phi) is 4.28. The SMILES string of the molecule is CN(c1cc(Cl)ccc1C(=O)O)C1CCC(C)(C)CC1. The number of rotatable bonds is 3. The van der Waals surface area contributed by atoms with Crippen LogP contribution in [-0.2, 0) is 0 Å². The summed E-state index contributed by atoms with van der Waals surface area (Å²) in [5.41, 5.74) is 1.44. The zero-order valence-corrected chi connectivity index (χ0v) is 13.1. The van der Waals surface area contributed by atoms with Gasteiger partial charge < -0.3 is 10.0 Å². The number of aromatic carboxylic acids is 1. The molecule has 1 aliphatic carbocycles. The standard InChI is InChI=1S/C16H22ClNO2/c1-16(2)8-6-12(7-9-16)18(3)14-10-11(17)4-5-13(14)15(19)20/h4-5,10,12H,6-9H2,1-3H3,(H,19,20). The summed E-state index contributed by atoms with van der Waals surface area (Å²) in [6.45, 7) is 4.59. The highest BCUT2D eigenvalue weighted by atomic mass is 35.5. The van der Waals surface area contributed by atoms with E-state index in [1.54, 1.807) is 18.2 Å². The number of hydrogen-bond acceptors (Lipinski definition) is 2. The highest BCUT2D eigenvalue weighted by Crippen LogP contribution is 2.38. The molecule has 110 valence electrons. The summed E-state index contributed by atoms with van der Waals surface area (Å²) in [6.07, 6.45) is 4.53. The Morgan fingerprint density at radius 2 is 1.95 bits per heavy atom. The van der Waals surface area contributed by atoms with Crippen LogP contribution < -0.4 is 4.90 Å². The van der Waals surface area contributed by atoms with Gasteiger partial charge in [-0.3, -0.25) is 0 Å². The molecule has 4 heteroatoms. The van der Waals surface area contributed by atoms with Gasteiger partial charge in [-0.15, -0.1) is 0 Å². The van der Waals surface area contributed by atoms with Gasteiger partial charge in [0, 0.05) is 18.1 Å². The Morgan fingerprint density at radius 3 is 2.50 bits per heavy atom. The van der Waals surface area contributed by atoms with Gasteiger partial charge >= 0.3 is 5.97 Å². The highest BCUT2D eigenvalue weighted by Gasteiger charge is 2.30. The lowest BCUT2D eigenvalue weighted by Gasteiger charge is -2.40. The van der Waals surface area contributed by atoms with Crippen molar-refractivity contribution in [3.05, 3.63) is 28.8 Å². The molecule has 0 saturated heterocycles. The van der Waals surface area contributed by atoms with Crippen LogP contribution in [0.2, 0.25) is 5.02 Å². The third-order valence-electron chi connectivity index (χ3n) is 4.43. The summed E-state index contributed by atoms with van der Waals surface area (Å²) >= 11 is 6.03. The first-order valence-electron chi connectivity index (χ1n) is 7.06. The lowest BCUT2D eigenvalue weighted by atomic mass is 9.75. The van der Waals surface area contributed by atoms with Crippen molar-refractivity contribution in [2.75, 3.05) is 11.9 Å². The van der Waals surface area contributed by atoms with Crippen molar-refractivity contribution in [2.45, 2.75) is 45.6 Å². The van der Waals surface area contributed by atoms with E-state index in [0.29, 0.717) is 22.0 Å². The van der Waals surface area contributed by atoms with E-state index in [9.17, 15) is 9.90 Å². The molecule has 1 aromatic rings. The first kappa shape index (κ1) is 15.2. The topological polar surface area (TPSA) is 40.5 Å². The number of carboxylic acid groups (broad SMARTS) is 1. The third kappa shape index (κ3) is 3.26. The maximum atomic E-state index is 11.4. The van der Waals surface area contributed by atoms with Crippen molar-refractivity contribution in [3.8, 4) is 0 Å². The molecule has 0 aliphatic heterocycles. The van der Waals surface area contributed by atoms with E-state index >= 15 is 0 Å². The van der Waals surface area contributed by atoms with Crippen LogP contribution in [-0.4, -0.2) is 24.2 Å². The first-order valence-corrected chi connectivity index (χ1v) is 7.44. The molecule has 1 aromatic carbocycles. The van der Waals surface area contributed by atoms with Crippen molar-refractivity contribution in [3.63, 3.8) is 0 Å². The lowest BCUT2D eigenvalue weighted by molar-refractivity contribution is 0.0697. The smallest absolute Gasteiger partial charge is 0.337 e. The van der Waals surface area contributed by atoms with Gasteiger partial charge in [-0.2, -0.15) is 0 Å². The fraction of sp³-hybridized carbons (Fsp3) is 0.562. The van der Waals surface area contributed by atoms with Crippen LogP contribution >= 0.6 is 11.6 Å². The maximum Gasteiger partial charge on any atom is 0.337 e. The quantitative estimate of drug-likeness (QED) is 0.896. The van der Waals surface area contributed by atoms with Crippen molar-refractivity contribution in [1.29, 1.82) is 0 Å². The van der Waals surface area contributed by atoms with Crippen LogP contribution in [0.5, 0.6) is 0 Å². The predicted molar refractivity (Wildman–Crippen MR) is 82.9 cm³/mol. The Hall–Kier alpha value is -1.22. The molecule has 3 nitrogen and oxygen atoms in total. The van der Waals surface area contributed by atoms with Crippen LogP contribution in [0.4, 0.5) is 5.69 Å². The molecule has 2 rings (SSSR count). The first-order chi connectivity index (χ1) is 9.30. The molecule has 1 fully saturated rings. The second-order valence-corrected chi connectivity index (χ2v) is 6.91. The molecule has 1 saturated carbocycles. The molecule has 0 unspecified atom stereocenters. The fourth-order valence-corrected chi connectivity index (χ4v) is 3.11. The Bertz CT molecular complexity index is 503. The van der Waals surface area contributed by atoms with Crippen LogP contribution in [0.3, 0.4) is 0 Å². The monoisotopic (exact) mass is 295 g/mol. The summed E-state index contributed by atoms with van der Waals surface area (Å²) in [5.74, 6) is -0.903. The number of nitrogens with zero attached hydrogens (tertiary/aromatic N) is 1. The van der Waals surface area contributed by atoms with Crippen molar-refractivity contribution in [2.24, 2.45) is 5.41 Å². The van der Waals surface area contributed by atoms with E-state index in [-0.39, 0.29) is 0 Å². The maximum absolute atomic E-state index is 11.4. The zero-order valence-electron chi connectivity index (χ0n) is 12.3. The number of anilines is 1. The average molecular weight is 296 g/mol. The Morgan fingerprint density at radius 1 is 1.35 bits per heavy atom. The minimum atomic E-state index is -0.903. The summed E-state index contributed by atoms with van der Waals surface area (Å²) in [6, 6.07) is 5.36. The normalized spacial score (nSPS) is 18.8. The average Bonchev–Trinajstić information content (AvgIpc) is 2.37. The molecule has 20 heavy (non-hydrogen) atoms. The molecule has 0 amide bonds. The minimum Gasteiger partial charge on any atom is -0.478 e. The largest absolute Gasteiger partial charge is 0.478 e. The molecular formula is C16H22ClNO2. The van der Waals surface area contributed by atoms with E-state index in [4.69, 9.17) is 11.6 Å². The van der Waals surface area contributed by atoms with E-state index < -0.39 is 5.97 Å². The molecule has 1 N–H and O–H groups in total. The summed E-state index contributed by atoms with van der Waals surface area (Å²) in [5, 5.41) is 9.89. The molecule has 0 radical (unpaired) electrons. The number of halogens is 1. The van der Waals surface area contributed by atoms with Crippen molar-refractivity contribution < 1.29 is 9.90 Å². The van der Waals surface area contributed by atoms with Gasteiger partial charge in [0.05, 0.1) is 11.3 Å². The van der Waals surface area contributed by atoms with Gasteiger partial charge in [-0.05, 0) is 49.3 Å². The molecule has 0 spiro atoms. The van der Waals surface area contributed by atoms with Gasteiger partial charge in [-0.1, -0.05) is 25.4 Å². The highest BCUT2D eigenvalue weighted by molar-refractivity contribution is 6.31. The molecule has 0 heterocycles. The molecule has 0 aromatic heterocycles. The molecule has 0 atom stereocenters. The number of hydrogen-bond donors (Lipinski definition) is 1. The fourth-order valence-electron chi connectivity index (χ4n) is 2.95. The second-order valence-electron chi connectivity index (χ2n) is 6.47. The van der Waals surface area contributed by atoms with Gasteiger partial charge in [0.25, 0.3) is 0 Å². The Labute approximate surface area is 125 Å². The molecule has 1 aliphatic rings. The van der Waals surface area contributed by atoms with Crippen LogP contribution in [0, 0.1) is 5.41 Å². The van der Waals surface area contributed by atoms with Crippen molar-refractivity contribution >= 4 is 23.3 Å². The predicted octanol–water partition coefficient (Wildman–Crippen LogP) is 4.44. The second kappa shape index (κ2) is 5.65. The van der Waals surface area contributed by atoms with Crippen LogP contribution in [0.15, 0.2) is 18.2 Å². The number of benzene rings is 1. The summed E-state index contributed by atoms with van der Waals surface area (Å²) < 4.78 is 0. The van der Waals surface area contributed by atoms with Crippen LogP contribution in [0.1, 0.15) is 49.9 Å². The van der Waals surface area contributed by atoms with Crippen molar-refractivity contribution in [1.82, 2.24) is 0 Å². The van der Waals surface area contributed by atoms with E-state index in [2.05, 4.69) is 18.7 Å². The number of carboxylic acids is 1. The Balaban J connectivity index is 2.23. The molecular weight excluding hydrogens is 274 g/mol. The van der Waals surface area contributed by atoms with E-state index in [0.717, 1.165) is 18.5 Å². The van der Waals surface area contributed by atoms with E-state index in [1.807, 2.05) is 7.05 Å². The van der Waals surface area contributed by atoms with Gasteiger partial charge in [0.2, 0.25) is 0 Å². The minimum absolute atomic E-state index is 0.321. The zero-order chi connectivity index (χ0) is 14.9. The summed E-state index contributed by atoms with van der Waals surface area (Å²) in [7, 11) is 1.97. The summed E-state index contributed by atoms with van der Waals surface area (Å²) in [4.78, 5) is 13.4. The van der Waals surface area contributed by atoms with Gasteiger partial charge in [0.15, 0.2) is 0 Å². The molecule has 0 bridgehead atoms.